The molecule has 0 aliphatic rings. The van der Waals surface area contributed by atoms with Gasteiger partial charge in [0.25, 0.3) is 10.0 Å². The van der Waals surface area contributed by atoms with Crippen LogP contribution in [0.15, 0.2) is 71.6 Å². The predicted molar refractivity (Wildman–Crippen MR) is 156 cm³/mol. The van der Waals surface area contributed by atoms with E-state index in [0.29, 0.717) is 18.7 Å². The van der Waals surface area contributed by atoms with Crippen molar-refractivity contribution >= 4 is 27.5 Å². The molecule has 3 aromatic carbocycles. The van der Waals surface area contributed by atoms with E-state index in [-0.39, 0.29) is 17.3 Å². The Morgan fingerprint density at radius 3 is 2.08 bits per heavy atom. The van der Waals surface area contributed by atoms with E-state index in [1.165, 1.54) is 9.21 Å². The molecular formula is C31H39N3O4S. The molecular weight excluding hydrogens is 510 g/mol. The van der Waals surface area contributed by atoms with E-state index in [2.05, 4.69) is 5.32 Å². The van der Waals surface area contributed by atoms with Gasteiger partial charge in [0.15, 0.2) is 0 Å². The van der Waals surface area contributed by atoms with Gasteiger partial charge >= 0.3 is 0 Å². The Bertz CT molecular complexity index is 1420. The van der Waals surface area contributed by atoms with Crippen LogP contribution in [0, 0.1) is 27.7 Å². The average molecular weight is 550 g/mol. The molecule has 2 amide bonds. The van der Waals surface area contributed by atoms with Gasteiger partial charge in [-0.3, -0.25) is 13.9 Å². The van der Waals surface area contributed by atoms with Crippen LogP contribution >= 0.6 is 0 Å². The van der Waals surface area contributed by atoms with Crippen molar-refractivity contribution in [2.24, 2.45) is 0 Å². The maximum Gasteiger partial charge on any atom is 0.264 e. The fraction of sp³-hybridized carbons (Fsp3) is 0.355. The van der Waals surface area contributed by atoms with Crippen molar-refractivity contribution in [3.8, 4) is 0 Å². The molecule has 39 heavy (non-hydrogen) atoms. The van der Waals surface area contributed by atoms with Gasteiger partial charge in [0.1, 0.15) is 12.6 Å². The van der Waals surface area contributed by atoms with Gasteiger partial charge in [0.2, 0.25) is 11.8 Å². The number of aryl methyl sites for hydroxylation is 4. The Kier molecular flexibility index (Phi) is 9.92. The second-order valence-corrected chi connectivity index (χ2v) is 11.8. The summed E-state index contributed by atoms with van der Waals surface area (Å²) in [7, 11) is -4.09. The fourth-order valence-corrected chi connectivity index (χ4v) is 6.13. The predicted octanol–water partition coefficient (Wildman–Crippen LogP) is 5.06. The minimum Gasteiger partial charge on any atom is -0.355 e. The first-order chi connectivity index (χ1) is 18.5. The Hall–Kier alpha value is -3.65. The molecule has 0 aromatic heterocycles. The molecule has 0 spiro atoms. The van der Waals surface area contributed by atoms with E-state index in [1.807, 2.05) is 77.9 Å². The molecule has 208 valence electrons. The van der Waals surface area contributed by atoms with Crippen LogP contribution in [-0.4, -0.2) is 44.3 Å². The molecule has 0 saturated heterocycles. The van der Waals surface area contributed by atoms with Crippen LogP contribution in [0.3, 0.4) is 0 Å². The third-order valence-electron chi connectivity index (χ3n) is 6.68. The highest BCUT2D eigenvalue weighted by atomic mass is 32.2. The molecule has 0 fully saturated rings. The molecule has 0 aliphatic heterocycles. The zero-order valence-corrected chi connectivity index (χ0v) is 24.5. The quantitative estimate of drug-likeness (QED) is 0.362. The zero-order chi connectivity index (χ0) is 28.7. The van der Waals surface area contributed by atoms with E-state index in [4.69, 9.17) is 0 Å². The van der Waals surface area contributed by atoms with Crippen molar-refractivity contribution in [1.82, 2.24) is 10.2 Å². The van der Waals surface area contributed by atoms with Gasteiger partial charge in [0, 0.05) is 13.1 Å². The molecule has 3 rings (SSSR count). The van der Waals surface area contributed by atoms with Crippen LogP contribution in [0.4, 0.5) is 5.69 Å². The van der Waals surface area contributed by atoms with Gasteiger partial charge in [-0.05, 0) is 70.4 Å². The summed E-state index contributed by atoms with van der Waals surface area (Å²) in [5, 5.41) is 2.83. The highest BCUT2D eigenvalue weighted by molar-refractivity contribution is 7.92. The van der Waals surface area contributed by atoms with Crippen molar-refractivity contribution in [2.75, 3.05) is 17.4 Å². The number of amides is 2. The number of carbonyl (C=O) groups is 2. The highest BCUT2D eigenvalue weighted by Crippen LogP contribution is 2.28. The lowest BCUT2D eigenvalue weighted by Gasteiger charge is -2.33. The average Bonchev–Trinajstić information content (AvgIpc) is 2.88. The Balaban J connectivity index is 2.10. The minimum atomic E-state index is -4.09. The summed E-state index contributed by atoms with van der Waals surface area (Å²) < 4.78 is 29.2. The summed E-state index contributed by atoms with van der Waals surface area (Å²) in [6.45, 7) is 11.5. The van der Waals surface area contributed by atoms with Crippen molar-refractivity contribution in [1.29, 1.82) is 0 Å². The maximum absolute atomic E-state index is 14.1. The number of nitrogens with one attached hydrogen (secondary N) is 1. The molecule has 0 radical (unpaired) electrons. The third kappa shape index (κ3) is 7.26. The highest BCUT2D eigenvalue weighted by Gasteiger charge is 2.34. The monoisotopic (exact) mass is 549 g/mol. The molecule has 0 aliphatic carbocycles. The number of hydrogen-bond acceptors (Lipinski definition) is 4. The summed E-state index contributed by atoms with van der Waals surface area (Å²) in [5.41, 5.74) is 4.98. The second-order valence-electron chi connectivity index (χ2n) is 9.94. The lowest BCUT2D eigenvalue weighted by molar-refractivity contribution is -0.140. The van der Waals surface area contributed by atoms with E-state index >= 15 is 0 Å². The Morgan fingerprint density at radius 2 is 1.49 bits per heavy atom. The largest absolute Gasteiger partial charge is 0.355 e. The first-order valence-electron chi connectivity index (χ1n) is 13.3. The van der Waals surface area contributed by atoms with Crippen LogP contribution in [0.1, 0.15) is 48.1 Å². The summed E-state index contributed by atoms with van der Waals surface area (Å²) >= 11 is 0. The summed E-state index contributed by atoms with van der Waals surface area (Å²) in [5.74, 6) is -0.717. The lowest BCUT2D eigenvalue weighted by Crippen LogP contribution is -2.52. The molecule has 0 heterocycles. The van der Waals surface area contributed by atoms with Crippen LogP contribution < -0.4 is 9.62 Å². The molecule has 3 aromatic rings. The summed E-state index contributed by atoms with van der Waals surface area (Å²) in [6, 6.07) is 19.0. The first-order valence-corrected chi connectivity index (χ1v) is 14.7. The molecule has 7 nitrogen and oxygen atoms in total. The van der Waals surface area contributed by atoms with Crippen LogP contribution in [0.25, 0.3) is 0 Å². The number of rotatable bonds is 11. The Morgan fingerprint density at radius 1 is 0.846 bits per heavy atom. The van der Waals surface area contributed by atoms with E-state index in [9.17, 15) is 18.0 Å². The third-order valence-corrected chi connectivity index (χ3v) is 8.46. The van der Waals surface area contributed by atoms with E-state index < -0.39 is 28.5 Å². The molecule has 0 unspecified atom stereocenters. The number of anilines is 1. The van der Waals surface area contributed by atoms with Crippen molar-refractivity contribution in [3.05, 3.63) is 94.5 Å². The van der Waals surface area contributed by atoms with Gasteiger partial charge in [-0.15, -0.1) is 0 Å². The van der Waals surface area contributed by atoms with Crippen LogP contribution in [0.5, 0.6) is 0 Å². The molecule has 0 saturated carbocycles. The number of hydrogen-bond donors (Lipinski definition) is 1. The van der Waals surface area contributed by atoms with Gasteiger partial charge in [0.05, 0.1) is 10.6 Å². The first kappa shape index (κ1) is 29.9. The number of nitrogens with zero attached hydrogens (tertiary/aromatic N) is 2. The van der Waals surface area contributed by atoms with Gasteiger partial charge in [-0.2, -0.15) is 0 Å². The van der Waals surface area contributed by atoms with Crippen molar-refractivity contribution in [3.63, 3.8) is 0 Å². The van der Waals surface area contributed by atoms with Crippen LogP contribution in [0.2, 0.25) is 0 Å². The minimum absolute atomic E-state index is 0.0990. The van der Waals surface area contributed by atoms with Gasteiger partial charge in [-0.1, -0.05) is 72.1 Å². The molecule has 1 atom stereocenters. The SMILES string of the molecule is CCNC(=O)[C@H](CC)N(Cc1cccc(C)c1)C(=O)CN(c1ccc(C)cc1C)S(=O)(=O)c1ccc(C)cc1. The molecule has 0 bridgehead atoms. The van der Waals surface area contributed by atoms with E-state index in [1.54, 1.807) is 30.3 Å². The summed E-state index contributed by atoms with van der Waals surface area (Å²) in [4.78, 5) is 28.7. The van der Waals surface area contributed by atoms with Crippen molar-refractivity contribution < 1.29 is 18.0 Å². The summed E-state index contributed by atoms with van der Waals surface area (Å²) in [6.07, 6.45) is 0.387. The van der Waals surface area contributed by atoms with Gasteiger partial charge in [-0.25, -0.2) is 8.42 Å². The maximum atomic E-state index is 14.1. The van der Waals surface area contributed by atoms with Crippen LogP contribution in [-0.2, 0) is 26.2 Å². The number of benzene rings is 3. The second kappa shape index (κ2) is 12.9. The normalized spacial score (nSPS) is 12.1. The van der Waals surface area contributed by atoms with Crippen molar-refractivity contribution in [2.45, 2.75) is 65.4 Å². The standard InChI is InChI=1S/C31H39N3O4S/c1-7-28(31(36)32-8-2)33(20-26-11-9-10-23(4)19-26)30(35)21-34(29-17-14-24(5)18-25(29)6)39(37,38)27-15-12-22(3)13-16-27/h9-19,28H,7-8,20-21H2,1-6H3,(H,32,36)/t28-/m0/s1. The zero-order valence-electron chi connectivity index (χ0n) is 23.7. The topological polar surface area (TPSA) is 86.8 Å². The number of sulfonamides is 1. The number of likely N-dealkylation sites (N-methyl/N-ethyl adjacent to an activating group) is 1. The van der Waals surface area contributed by atoms with E-state index in [0.717, 1.165) is 27.8 Å². The number of carbonyl (C=O) groups excluding carboxylic acids is 2. The fourth-order valence-electron chi connectivity index (χ4n) is 4.65. The van der Waals surface area contributed by atoms with Gasteiger partial charge < -0.3 is 10.2 Å². The lowest BCUT2D eigenvalue weighted by atomic mass is 10.1. The molecule has 8 heteroatoms. The smallest absolute Gasteiger partial charge is 0.264 e. The molecule has 1 N–H and O–H groups in total. The Labute approximate surface area is 232 Å².